The molecule has 1 heterocycles. The van der Waals surface area contributed by atoms with E-state index in [1.807, 2.05) is 0 Å². The molecule has 0 aliphatic heterocycles. The molecular formula is C8H14N2O2. The van der Waals surface area contributed by atoms with E-state index in [0.717, 1.165) is 18.7 Å². The van der Waals surface area contributed by atoms with E-state index in [-0.39, 0.29) is 0 Å². The first-order chi connectivity index (χ1) is 5.86. The molecule has 12 heavy (non-hydrogen) atoms. The van der Waals surface area contributed by atoms with E-state index in [1.54, 1.807) is 7.11 Å². The Morgan fingerprint density at radius 3 is 2.92 bits per heavy atom. The zero-order valence-electron chi connectivity index (χ0n) is 7.54. The molecule has 0 N–H and O–H groups in total. The first-order valence-corrected chi connectivity index (χ1v) is 4.17. The Kier molecular flexibility index (Phi) is 3.73. The monoisotopic (exact) mass is 170 g/mol. The highest BCUT2D eigenvalue weighted by Crippen LogP contribution is 2.00. The minimum Gasteiger partial charge on any atom is -0.384 e. The second kappa shape index (κ2) is 4.87. The number of aryl methyl sites for hydroxylation is 1. The molecule has 0 radical (unpaired) electrons. The highest BCUT2D eigenvalue weighted by Gasteiger charge is 2.03. The second-order valence-corrected chi connectivity index (χ2v) is 2.60. The molecule has 0 unspecified atom stereocenters. The van der Waals surface area contributed by atoms with Gasteiger partial charge in [-0.25, -0.2) is 0 Å². The number of rotatable bonds is 5. The molecule has 68 valence electrons. The van der Waals surface area contributed by atoms with Gasteiger partial charge in [-0.3, -0.25) is 0 Å². The van der Waals surface area contributed by atoms with Crippen molar-refractivity contribution in [1.29, 1.82) is 0 Å². The summed E-state index contributed by atoms with van der Waals surface area (Å²) in [4.78, 5) is 4.18. The highest BCUT2D eigenvalue weighted by atomic mass is 16.5. The number of nitrogens with zero attached hydrogens (tertiary/aromatic N) is 2. The maximum atomic E-state index is 4.98. The van der Waals surface area contributed by atoms with Crippen molar-refractivity contribution in [3.05, 3.63) is 11.7 Å². The third-order valence-corrected chi connectivity index (χ3v) is 1.50. The van der Waals surface area contributed by atoms with Gasteiger partial charge in [0.1, 0.15) is 0 Å². The molecule has 0 amide bonds. The van der Waals surface area contributed by atoms with E-state index < -0.39 is 0 Å². The van der Waals surface area contributed by atoms with Gasteiger partial charge in [-0.15, -0.1) is 0 Å². The van der Waals surface area contributed by atoms with Gasteiger partial charge in [0, 0.05) is 13.5 Å². The molecule has 0 bridgehead atoms. The lowest BCUT2D eigenvalue weighted by Crippen LogP contribution is -1.94. The SMILES string of the molecule is CCCc1noc(CCOC)n1. The maximum Gasteiger partial charge on any atom is 0.228 e. The maximum absolute atomic E-state index is 4.98. The van der Waals surface area contributed by atoms with Crippen LogP contribution in [0.2, 0.25) is 0 Å². The number of hydrogen-bond acceptors (Lipinski definition) is 4. The third-order valence-electron chi connectivity index (χ3n) is 1.50. The van der Waals surface area contributed by atoms with E-state index in [0.29, 0.717) is 18.9 Å². The molecule has 1 aromatic heterocycles. The van der Waals surface area contributed by atoms with Crippen molar-refractivity contribution in [3.8, 4) is 0 Å². The van der Waals surface area contributed by atoms with Gasteiger partial charge in [-0.1, -0.05) is 12.1 Å². The molecule has 0 saturated heterocycles. The lowest BCUT2D eigenvalue weighted by Gasteiger charge is -1.90. The summed E-state index contributed by atoms with van der Waals surface area (Å²) in [5.41, 5.74) is 0. The van der Waals surface area contributed by atoms with Crippen LogP contribution in [0.1, 0.15) is 25.1 Å². The lowest BCUT2D eigenvalue weighted by atomic mass is 10.3. The van der Waals surface area contributed by atoms with Crippen LogP contribution >= 0.6 is 0 Å². The Morgan fingerprint density at radius 2 is 2.25 bits per heavy atom. The fourth-order valence-corrected chi connectivity index (χ4v) is 0.906. The van der Waals surface area contributed by atoms with Crippen molar-refractivity contribution in [3.63, 3.8) is 0 Å². The molecule has 1 rings (SSSR count). The smallest absolute Gasteiger partial charge is 0.228 e. The standard InChI is InChI=1S/C8H14N2O2/c1-3-4-7-9-8(12-10-7)5-6-11-2/h3-6H2,1-2H3. The van der Waals surface area contributed by atoms with Crippen molar-refractivity contribution in [1.82, 2.24) is 10.1 Å². The average Bonchev–Trinajstić information content (AvgIpc) is 2.50. The van der Waals surface area contributed by atoms with Crippen molar-refractivity contribution in [2.45, 2.75) is 26.2 Å². The third kappa shape index (κ3) is 2.62. The van der Waals surface area contributed by atoms with Crippen molar-refractivity contribution >= 4 is 0 Å². The van der Waals surface area contributed by atoms with Gasteiger partial charge in [0.05, 0.1) is 13.0 Å². The molecule has 0 aromatic carbocycles. The van der Waals surface area contributed by atoms with Crippen molar-refractivity contribution in [2.75, 3.05) is 13.7 Å². The Hall–Kier alpha value is -0.900. The molecular weight excluding hydrogens is 156 g/mol. The highest BCUT2D eigenvalue weighted by molar-refractivity contribution is 4.86. The fraction of sp³-hybridized carbons (Fsp3) is 0.750. The Labute approximate surface area is 71.9 Å². The molecule has 1 aromatic rings. The summed E-state index contributed by atoms with van der Waals surface area (Å²) in [6.45, 7) is 2.72. The van der Waals surface area contributed by atoms with Crippen LogP contribution in [0, 0.1) is 0 Å². The molecule has 0 atom stereocenters. The van der Waals surface area contributed by atoms with Gasteiger partial charge < -0.3 is 9.26 Å². The Morgan fingerprint density at radius 1 is 1.42 bits per heavy atom. The molecule has 0 aliphatic rings. The molecule has 0 spiro atoms. The zero-order valence-corrected chi connectivity index (χ0v) is 7.54. The van der Waals surface area contributed by atoms with Crippen LogP contribution in [0.25, 0.3) is 0 Å². The minimum absolute atomic E-state index is 0.633. The summed E-state index contributed by atoms with van der Waals surface area (Å²) in [5, 5.41) is 3.82. The Bertz CT molecular complexity index is 223. The first-order valence-electron chi connectivity index (χ1n) is 4.17. The zero-order chi connectivity index (χ0) is 8.81. The number of hydrogen-bond donors (Lipinski definition) is 0. The lowest BCUT2D eigenvalue weighted by molar-refractivity contribution is 0.192. The molecule has 0 aliphatic carbocycles. The normalized spacial score (nSPS) is 10.5. The average molecular weight is 170 g/mol. The van der Waals surface area contributed by atoms with Crippen LogP contribution < -0.4 is 0 Å². The van der Waals surface area contributed by atoms with Crippen LogP contribution in [0.15, 0.2) is 4.52 Å². The molecule has 0 saturated carbocycles. The summed E-state index contributed by atoms with van der Waals surface area (Å²) in [6.07, 6.45) is 2.63. The number of aromatic nitrogens is 2. The summed E-state index contributed by atoms with van der Waals surface area (Å²) in [7, 11) is 1.66. The van der Waals surface area contributed by atoms with Crippen LogP contribution in [0.5, 0.6) is 0 Å². The van der Waals surface area contributed by atoms with Gasteiger partial charge in [-0.05, 0) is 6.42 Å². The Balaban J connectivity index is 2.41. The van der Waals surface area contributed by atoms with Gasteiger partial charge in [-0.2, -0.15) is 4.98 Å². The second-order valence-electron chi connectivity index (χ2n) is 2.60. The summed E-state index contributed by atoms with van der Waals surface area (Å²) < 4.78 is 9.87. The van der Waals surface area contributed by atoms with Crippen LogP contribution in [0.4, 0.5) is 0 Å². The molecule has 4 heteroatoms. The van der Waals surface area contributed by atoms with E-state index in [4.69, 9.17) is 9.26 Å². The summed E-state index contributed by atoms with van der Waals surface area (Å²) in [5.74, 6) is 1.46. The largest absolute Gasteiger partial charge is 0.384 e. The van der Waals surface area contributed by atoms with Crippen LogP contribution in [0.3, 0.4) is 0 Å². The molecule has 0 fully saturated rings. The van der Waals surface area contributed by atoms with Gasteiger partial charge in [0.2, 0.25) is 5.89 Å². The van der Waals surface area contributed by atoms with Crippen molar-refractivity contribution < 1.29 is 9.26 Å². The summed E-state index contributed by atoms with van der Waals surface area (Å²) >= 11 is 0. The predicted molar refractivity (Wildman–Crippen MR) is 43.9 cm³/mol. The van der Waals surface area contributed by atoms with E-state index in [9.17, 15) is 0 Å². The van der Waals surface area contributed by atoms with E-state index in [1.165, 1.54) is 0 Å². The minimum atomic E-state index is 0.633. The van der Waals surface area contributed by atoms with Gasteiger partial charge in [0.25, 0.3) is 0 Å². The van der Waals surface area contributed by atoms with Gasteiger partial charge in [0.15, 0.2) is 5.82 Å². The topological polar surface area (TPSA) is 48.2 Å². The molecule has 4 nitrogen and oxygen atoms in total. The number of ether oxygens (including phenoxy) is 1. The van der Waals surface area contributed by atoms with Crippen LogP contribution in [-0.4, -0.2) is 23.9 Å². The van der Waals surface area contributed by atoms with Crippen molar-refractivity contribution in [2.24, 2.45) is 0 Å². The first kappa shape index (κ1) is 9.19. The van der Waals surface area contributed by atoms with E-state index >= 15 is 0 Å². The quantitative estimate of drug-likeness (QED) is 0.666. The number of methoxy groups -OCH3 is 1. The van der Waals surface area contributed by atoms with E-state index in [2.05, 4.69) is 17.1 Å². The fourth-order valence-electron chi connectivity index (χ4n) is 0.906. The summed E-state index contributed by atoms with van der Waals surface area (Å²) in [6, 6.07) is 0. The van der Waals surface area contributed by atoms with Crippen LogP contribution in [-0.2, 0) is 17.6 Å². The van der Waals surface area contributed by atoms with Gasteiger partial charge >= 0.3 is 0 Å². The predicted octanol–water partition coefficient (Wildman–Crippen LogP) is 1.21.